The van der Waals surface area contributed by atoms with Crippen molar-refractivity contribution in [1.82, 2.24) is 5.32 Å². The Bertz CT molecular complexity index is 519. The second-order valence-electron chi connectivity index (χ2n) is 6.39. The fraction of sp³-hybridized carbons (Fsp3) is 0.533. The van der Waals surface area contributed by atoms with Gasteiger partial charge in [-0.2, -0.15) is 0 Å². The Kier molecular flexibility index (Phi) is 4.32. The molecule has 0 saturated heterocycles. The Balaban J connectivity index is 3.00. The predicted octanol–water partition coefficient (Wildman–Crippen LogP) is 3.48. The Labute approximate surface area is 119 Å². The molecule has 5 heteroatoms. The SMILES string of the molecule is Cc1c(N)ccc(C(C)(C)NC(=O)OC(C)(C)C)c1F. The number of halogens is 1. The van der Waals surface area contributed by atoms with E-state index in [0.717, 1.165) is 0 Å². The maximum atomic E-state index is 14.3. The summed E-state index contributed by atoms with van der Waals surface area (Å²) in [4.78, 5) is 11.8. The molecule has 0 atom stereocenters. The first-order valence-corrected chi connectivity index (χ1v) is 6.50. The van der Waals surface area contributed by atoms with Crippen molar-refractivity contribution in [3.8, 4) is 0 Å². The molecule has 112 valence electrons. The number of ether oxygens (including phenoxy) is 1. The van der Waals surface area contributed by atoms with Crippen molar-refractivity contribution in [2.75, 3.05) is 5.73 Å². The van der Waals surface area contributed by atoms with E-state index < -0.39 is 23.1 Å². The van der Waals surface area contributed by atoms with Crippen LogP contribution in [0.25, 0.3) is 0 Å². The van der Waals surface area contributed by atoms with Crippen LogP contribution < -0.4 is 11.1 Å². The average molecular weight is 282 g/mol. The van der Waals surface area contributed by atoms with Crippen LogP contribution in [-0.4, -0.2) is 11.7 Å². The number of carbonyl (C=O) groups excluding carboxylic acids is 1. The van der Waals surface area contributed by atoms with Gasteiger partial charge >= 0.3 is 6.09 Å². The second kappa shape index (κ2) is 5.31. The second-order valence-corrected chi connectivity index (χ2v) is 6.39. The molecule has 0 bridgehead atoms. The highest BCUT2D eigenvalue weighted by atomic mass is 19.1. The average Bonchev–Trinajstić information content (AvgIpc) is 2.21. The van der Waals surface area contributed by atoms with Crippen LogP contribution in [0.1, 0.15) is 45.7 Å². The van der Waals surface area contributed by atoms with E-state index in [1.54, 1.807) is 53.7 Å². The fourth-order valence-corrected chi connectivity index (χ4v) is 1.81. The van der Waals surface area contributed by atoms with Crippen LogP contribution in [0.4, 0.5) is 14.9 Å². The van der Waals surface area contributed by atoms with Gasteiger partial charge in [-0.25, -0.2) is 9.18 Å². The molecule has 0 saturated carbocycles. The Morgan fingerprint density at radius 3 is 2.30 bits per heavy atom. The van der Waals surface area contributed by atoms with Crippen molar-refractivity contribution in [1.29, 1.82) is 0 Å². The summed E-state index contributed by atoms with van der Waals surface area (Å²) in [6, 6.07) is 3.21. The molecular weight excluding hydrogens is 259 g/mol. The van der Waals surface area contributed by atoms with E-state index in [9.17, 15) is 9.18 Å². The molecule has 0 radical (unpaired) electrons. The number of carbonyl (C=O) groups is 1. The van der Waals surface area contributed by atoms with Crippen LogP contribution in [0.2, 0.25) is 0 Å². The van der Waals surface area contributed by atoms with Gasteiger partial charge in [0.2, 0.25) is 0 Å². The third-order valence-electron chi connectivity index (χ3n) is 2.92. The first kappa shape index (κ1) is 16.3. The summed E-state index contributed by atoms with van der Waals surface area (Å²) in [7, 11) is 0. The Morgan fingerprint density at radius 2 is 1.80 bits per heavy atom. The lowest BCUT2D eigenvalue weighted by Gasteiger charge is -2.29. The number of rotatable bonds is 2. The van der Waals surface area contributed by atoms with Gasteiger partial charge in [0.05, 0.1) is 5.54 Å². The highest BCUT2D eigenvalue weighted by Gasteiger charge is 2.29. The molecule has 20 heavy (non-hydrogen) atoms. The van der Waals surface area contributed by atoms with Crippen molar-refractivity contribution < 1.29 is 13.9 Å². The van der Waals surface area contributed by atoms with Gasteiger partial charge in [0, 0.05) is 16.8 Å². The maximum absolute atomic E-state index is 14.3. The molecule has 0 fully saturated rings. The van der Waals surface area contributed by atoms with E-state index in [1.807, 2.05) is 0 Å². The van der Waals surface area contributed by atoms with Gasteiger partial charge in [-0.3, -0.25) is 0 Å². The van der Waals surface area contributed by atoms with Gasteiger partial charge in [-0.1, -0.05) is 6.07 Å². The summed E-state index contributed by atoms with van der Waals surface area (Å²) in [5, 5.41) is 2.67. The minimum atomic E-state index is -0.898. The Hall–Kier alpha value is -1.78. The molecule has 0 aliphatic carbocycles. The summed E-state index contributed by atoms with van der Waals surface area (Å²) in [6.07, 6.45) is -0.587. The molecule has 1 aromatic carbocycles. The van der Waals surface area contributed by atoms with Crippen molar-refractivity contribution in [3.63, 3.8) is 0 Å². The van der Waals surface area contributed by atoms with Gasteiger partial charge in [0.1, 0.15) is 11.4 Å². The van der Waals surface area contributed by atoms with E-state index in [-0.39, 0.29) is 0 Å². The summed E-state index contributed by atoms with van der Waals surface area (Å²) in [6.45, 7) is 10.3. The van der Waals surface area contributed by atoms with Crippen LogP contribution in [-0.2, 0) is 10.3 Å². The molecule has 0 aliphatic heterocycles. The van der Waals surface area contributed by atoms with Gasteiger partial charge in [-0.15, -0.1) is 0 Å². The van der Waals surface area contributed by atoms with Crippen molar-refractivity contribution in [3.05, 3.63) is 29.1 Å². The highest BCUT2D eigenvalue weighted by molar-refractivity contribution is 5.69. The van der Waals surface area contributed by atoms with Gasteiger partial charge in [-0.05, 0) is 47.6 Å². The summed E-state index contributed by atoms with van der Waals surface area (Å²) in [5.74, 6) is -0.411. The normalized spacial score (nSPS) is 12.2. The molecular formula is C15H23FN2O2. The van der Waals surface area contributed by atoms with E-state index >= 15 is 0 Å². The van der Waals surface area contributed by atoms with Gasteiger partial charge < -0.3 is 15.8 Å². The molecule has 3 N–H and O–H groups in total. The highest BCUT2D eigenvalue weighted by Crippen LogP contribution is 2.28. The third kappa shape index (κ3) is 3.85. The minimum Gasteiger partial charge on any atom is -0.444 e. The maximum Gasteiger partial charge on any atom is 0.408 e. The monoisotopic (exact) mass is 282 g/mol. The van der Waals surface area contributed by atoms with Crippen LogP contribution in [0.15, 0.2) is 12.1 Å². The first-order chi connectivity index (χ1) is 8.94. The topological polar surface area (TPSA) is 64.3 Å². The molecule has 0 aliphatic rings. The number of nitrogens with two attached hydrogens (primary N) is 1. The van der Waals surface area contributed by atoms with Crippen LogP contribution in [0.3, 0.4) is 0 Å². The van der Waals surface area contributed by atoms with Crippen LogP contribution >= 0.6 is 0 Å². The molecule has 4 nitrogen and oxygen atoms in total. The smallest absolute Gasteiger partial charge is 0.408 e. The van der Waals surface area contributed by atoms with Crippen LogP contribution in [0.5, 0.6) is 0 Å². The molecule has 1 rings (SSSR count). The van der Waals surface area contributed by atoms with E-state index in [2.05, 4.69) is 5.32 Å². The molecule has 0 aromatic heterocycles. The zero-order chi connectivity index (χ0) is 15.7. The lowest BCUT2D eigenvalue weighted by molar-refractivity contribution is 0.0469. The number of nitrogens with one attached hydrogen (secondary N) is 1. The first-order valence-electron chi connectivity index (χ1n) is 6.50. The molecule has 1 aromatic rings. The largest absolute Gasteiger partial charge is 0.444 e. The fourth-order valence-electron chi connectivity index (χ4n) is 1.81. The van der Waals surface area contributed by atoms with Crippen LogP contribution in [0, 0.1) is 12.7 Å². The van der Waals surface area contributed by atoms with E-state index in [4.69, 9.17) is 10.5 Å². The van der Waals surface area contributed by atoms with Gasteiger partial charge in [0.15, 0.2) is 0 Å². The van der Waals surface area contributed by atoms with Crippen molar-refractivity contribution >= 4 is 11.8 Å². The van der Waals surface area contributed by atoms with Gasteiger partial charge in [0.25, 0.3) is 0 Å². The number of hydrogen-bond acceptors (Lipinski definition) is 3. The standard InChI is InChI=1S/C15H23FN2O2/c1-9-11(17)8-7-10(12(9)16)15(5,6)18-13(19)20-14(2,3)4/h7-8H,17H2,1-6H3,(H,18,19). The number of amides is 1. The number of hydrogen-bond donors (Lipinski definition) is 2. The zero-order valence-electron chi connectivity index (χ0n) is 12.9. The lowest BCUT2D eigenvalue weighted by atomic mass is 9.92. The molecule has 1 amide bonds. The molecule has 0 spiro atoms. The molecule has 0 unspecified atom stereocenters. The van der Waals surface area contributed by atoms with E-state index in [1.165, 1.54) is 0 Å². The number of nitrogen functional groups attached to an aromatic ring is 1. The lowest BCUT2D eigenvalue weighted by Crippen LogP contribution is -2.44. The van der Waals surface area contributed by atoms with Crippen molar-refractivity contribution in [2.24, 2.45) is 0 Å². The van der Waals surface area contributed by atoms with Crippen molar-refractivity contribution in [2.45, 2.75) is 52.7 Å². The summed E-state index contributed by atoms with van der Waals surface area (Å²) in [5.41, 5.74) is 5.30. The van der Waals surface area contributed by atoms with E-state index in [0.29, 0.717) is 16.8 Å². The summed E-state index contributed by atoms with van der Waals surface area (Å²) >= 11 is 0. The summed E-state index contributed by atoms with van der Waals surface area (Å²) < 4.78 is 19.5. The third-order valence-corrected chi connectivity index (χ3v) is 2.92. The number of anilines is 1. The zero-order valence-corrected chi connectivity index (χ0v) is 12.9. The number of alkyl carbamates (subject to hydrolysis) is 1. The quantitative estimate of drug-likeness (QED) is 0.816. The molecule has 0 heterocycles. The minimum absolute atomic E-state index is 0.370. The predicted molar refractivity (Wildman–Crippen MR) is 77.9 cm³/mol. The Morgan fingerprint density at radius 1 is 1.25 bits per heavy atom. The number of benzene rings is 1.